The van der Waals surface area contributed by atoms with Crippen molar-refractivity contribution < 1.29 is 23.6 Å². The molecule has 1 aliphatic heterocycles. The molecule has 1 aliphatic rings. The van der Waals surface area contributed by atoms with Crippen molar-refractivity contribution in [3.63, 3.8) is 0 Å². The summed E-state index contributed by atoms with van der Waals surface area (Å²) in [6.07, 6.45) is 3.25. The summed E-state index contributed by atoms with van der Waals surface area (Å²) in [6, 6.07) is 7.94. The van der Waals surface area contributed by atoms with Crippen molar-refractivity contribution in [1.82, 2.24) is 0 Å². The average molecular weight is 314 g/mol. The van der Waals surface area contributed by atoms with Crippen LogP contribution in [0.15, 0.2) is 42.7 Å². The summed E-state index contributed by atoms with van der Waals surface area (Å²) >= 11 is 0. The van der Waals surface area contributed by atoms with E-state index in [9.17, 15) is 9.59 Å². The Kier molecular flexibility index (Phi) is 3.84. The second-order valence-corrected chi connectivity index (χ2v) is 5.14. The molecule has 0 radical (unpaired) electrons. The van der Waals surface area contributed by atoms with Crippen LogP contribution in [-0.4, -0.2) is 18.6 Å². The number of carbonyl (C=O) groups excluding carboxylic acids is 2. The third-order valence-electron chi connectivity index (χ3n) is 3.57. The van der Waals surface area contributed by atoms with E-state index in [0.717, 1.165) is 0 Å². The molecule has 0 saturated heterocycles. The summed E-state index contributed by atoms with van der Waals surface area (Å²) in [5.74, 6) is 0.483. The predicted molar refractivity (Wildman–Crippen MR) is 81.1 cm³/mol. The van der Waals surface area contributed by atoms with Gasteiger partial charge >= 0.3 is 0 Å². The molecular formula is C16H16N3O4+. The van der Waals surface area contributed by atoms with E-state index in [1.165, 1.54) is 0 Å². The Morgan fingerprint density at radius 2 is 2.04 bits per heavy atom. The highest BCUT2D eigenvalue weighted by Gasteiger charge is 2.23. The molecule has 1 aromatic carbocycles. The second-order valence-electron chi connectivity index (χ2n) is 5.14. The molecule has 23 heavy (non-hydrogen) atoms. The van der Waals surface area contributed by atoms with Crippen LogP contribution in [0.2, 0.25) is 0 Å². The molecule has 0 aliphatic carbocycles. The molecule has 0 unspecified atom stereocenters. The molecule has 7 nitrogen and oxygen atoms in total. The van der Waals surface area contributed by atoms with Gasteiger partial charge in [-0.3, -0.25) is 9.59 Å². The van der Waals surface area contributed by atoms with Gasteiger partial charge in [-0.15, -0.1) is 0 Å². The van der Waals surface area contributed by atoms with E-state index in [1.807, 2.05) is 0 Å². The SMILES string of the molecule is C[C@@H](C(=O)Nc1ccc2c(c1)OCO2)[n+]1cccc(C(N)=O)c1. The number of primary amides is 1. The normalized spacial score (nSPS) is 13.4. The summed E-state index contributed by atoms with van der Waals surface area (Å²) in [5.41, 5.74) is 6.21. The average Bonchev–Trinajstić information content (AvgIpc) is 3.01. The zero-order valence-electron chi connectivity index (χ0n) is 12.5. The van der Waals surface area contributed by atoms with Gasteiger partial charge in [-0.1, -0.05) is 0 Å². The van der Waals surface area contributed by atoms with Gasteiger partial charge in [0.15, 0.2) is 23.9 Å². The minimum atomic E-state index is -0.539. The molecular weight excluding hydrogens is 298 g/mol. The van der Waals surface area contributed by atoms with Crippen LogP contribution in [0.25, 0.3) is 0 Å². The Morgan fingerprint density at radius 3 is 2.83 bits per heavy atom. The fourth-order valence-electron chi connectivity index (χ4n) is 2.24. The van der Waals surface area contributed by atoms with E-state index >= 15 is 0 Å². The molecule has 3 rings (SSSR count). The lowest BCUT2D eigenvalue weighted by molar-refractivity contribution is -0.705. The van der Waals surface area contributed by atoms with Crippen molar-refractivity contribution in [2.45, 2.75) is 13.0 Å². The fourth-order valence-corrected chi connectivity index (χ4v) is 2.24. The van der Waals surface area contributed by atoms with Crippen molar-refractivity contribution in [2.75, 3.05) is 12.1 Å². The zero-order valence-corrected chi connectivity index (χ0v) is 12.5. The maximum absolute atomic E-state index is 12.4. The molecule has 2 aromatic rings. The van der Waals surface area contributed by atoms with Crippen molar-refractivity contribution >= 4 is 17.5 Å². The topological polar surface area (TPSA) is 94.5 Å². The predicted octanol–water partition coefficient (Wildman–Crippen LogP) is 1.00. The molecule has 0 spiro atoms. The highest BCUT2D eigenvalue weighted by molar-refractivity contribution is 5.93. The van der Waals surface area contributed by atoms with Crippen LogP contribution in [0.3, 0.4) is 0 Å². The van der Waals surface area contributed by atoms with Crippen LogP contribution in [-0.2, 0) is 4.79 Å². The Labute approximate surface area is 132 Å². The van der Waals surface area contributed by atoms with Crippen LogP contribution in [0.1, 0.15) is 23.3 Å². The molecule has 2 heterocycles. The number of hydrogen-bond donors (Lipinski definition) is 2. The monoisotopic (exact) mass is 314 g/mol. The third kappa shape index (κ3) is 3.08. The van der Waals surface area contributed by atoms with Gasteiger partial charge < -0.3 is 20.5 Å². The number of hydrogen-bond acceptors (Lipinski definition) is 4. The molecule has 1 atom stereocenters. The summed E-state index contributed by atoms with van der Waals surface area (Å²) in [7, 11) is 0. The van der Waals surface area contributed by atoms with Crippen LogP contribution >= 0.6 is 0 Å². The molecule has 0 fully saturated rings. The number of nitrogens with zero attached hydrogens (tertiary/aromatic N) is 1. The van der Waals surface area contributed by atoms with E-state index < -0.39 is 11.9 Å². The maximum atomic E-state index is 12.4. The fraction of sp³-hybridized carbons (Fsp3) is 0.188. The number of amides is 2. The molecule has 1 aromatic heterocycles. The summed E-state index contributed by atoms with van der Waals surface area (Å²) in [5, 5.41) is 2.81. The lowest BCUT2D eigenvalue weighted by Gasteiger charge is -2.09. The number of nitrogens with one attached hydrogen (secondary N) is 1. The highest BCUT2D eigenvalue weighted by Crippen LogP contribution is 2.34. The van der Waals surface area contributed by atoms with Gasteiger partial charge in [0, 0.05) is 24.7 Å². The molecule has 7 heteroatoms. The summed E-state index contributed by atoms with van der Waals surface area (Å²) in [4.78, 5) is 23.6. The van der Waals surface area contributed by atoms with Gasteiger partial charge in [0.2, 0.25) is 12.8 Å². The van der Waals surface area contributed by atoms with Crippen molar-refractivity contribution in [2.24, 2.45) is 5.73 Å². The van der Waals surface area contributed by atoms with E-state index in [1.54, 1.807) is 54.2 Å². The number of benzene rings is 1. The van der Waals surface area contributed by atoms with Crippen LogP contribution in [0.5, 0.6) is 11.5 Å². The highest BCUT2D eigenvalue weighted by atomic mass is 16.7. The summed E-state index contributed by atoms with van der Waals surface area (Å²) in [6.45, 7) is 1.91. The molecule has 3 N–H and O–H groups in total. The van der Waals surface area contributed by atoms with E-state index in [0.29, 0.717) is 22.7 Å². The minimum Gasteiger partial charge on any atom is -0.454 e. The first kappa shape index (κ1) is 14.8. The number of rotatable bonds is 4. The van der Waals surface area contributed by atoms with E-state index in [-0.39, 0.29) is 12.7 Å². The van der Waals surface area contributed by atoms with Crippen molar-refractivity contribution in [3.05, 3.63) is 48.3 Å². The number of ether oxygens (including phenoxy) is 2. The van der Waals surface area contributed by atoms with Gasteiger partial charge in [-0.25, -0.2) is 0 Å². The Hall–Kier alpha value is -3.09. The lowest BCUT2D eigenvalue weighted by Crippen LogP contribution is -2.44. The third-order valence-corrected chi connectivity index (χ3v) is 3.57. The first-order chi connectivity index (χ1) is 11.0. The number of aromatic nitrogens is 1. The number of fused-ring (bicyclic) bond motifs is 1. The summed E-state index contributed by atoms with van der Waals surface area (Å²) < 4.78 is 12.1. The first-order valence-electron chi connectivity index (χ1n) is 7.06. The smallest absolute Gasteiger partial charge is 0.293 e. The number of anilines is 1. The zero-order chi connectivity index (χ0) is 16.4. The van der Waals surface area contributed by atoms with E-state index in [4.69, 9.17) is 15.2 Å². The standard InChI is InChI=1S/C16H15N3O4/c1-10(19-6-2-3-11(8-19)15(17)20)16(21)18-12-4-5-13-14(7-12)23-9-22-13/h2-8,10H,9H2,1H3,(H2-,17,18,20,21)/p+1/t10-/m0/s1. The first-order valence-corrected chi connectivity index (χ1v) is 7.06. The molecule has 0 saturated carbocycles. The molecule has 118 valence electrons. The second kappa shape index (κ2) is 5.96. The van der Waals surface area contributed by atoms with Gasteiger partial charge in [0.05, 0.1) is 0 Å². The van der Waals surface area contributed by atoms with Crippen LogP contribution < -0.4 is 25.1 Å². The van der Waals surface area contributed by atoms with Gasteiger partial charge in [-0.05, 0) is 18.2 Å². The van der Waals surface area contributed by atoms with Crippen molar-refractivity contribution in [1.29, 1.82) is 0 Å². The Balaban J connectivity index is 1.75. The number of nitrogens with two attached hydrogens (primary N) is 1. The Bertz CT molecular complexity index is 776. The molecule has 0 bridgehead atoms. The van der Waals surface area contributed by atoms with Crippen LogP contribution in [0, 0.1) is 0 Å². The maximum Gasteiger partial charge on any atom is 0.293 e. The molecule has 2 amide bonds. The van der Waals surface area contributed by atoms with Gasteiger partial charge in [-0.2, -0.15) is 4.57 Å². The Morgan fingerprint density at radius 1 is 1.26 bits per heavy atom. The number of carbonyl (C=O) groups is 2. The van der Waals surface area contributed by atoms with Gasteiger partial charge in [0.1, 0.15) is 5.56 Å². The minimum absolute atomic E-state index is 0.179. The van der Waals surface area contributed by atoms with E-state index in [2.05, 4.69) is 5.32 Å². The van der Waals surface area contributed by atoms with Crippen molar-refractivity contribution in [3.8, 4) is 11.5 Å². The van der Waals surface area contributed by atoms with Crippen LogP contribution in [0.4, 0.5) is 5.69 Å². The number of pyridine rings is 1. The largest absolute Gasteiger partial charge is 0.454 e. The van der Waals surface area contributed by atoms with Gasteiger partial charge in [0.25, 0.3) is 11.8 Å². The quantitative estimate of drug-likeness (QED) is 0.823. The lowest BCUT2D eigenvalue weighted by atomic mass is 10.2.